The summed E-state index contributed by atoms with van der Waals surface area (Å²) in [7, 11) is 0. The van der Waals surface area contributed by atoms with Crippen LogP contribution in [0.15, 0.2) is 237 Å². The molecule has 0 unspecified atom stereocenters. The average Bonchev–Trinajstić information content (AvgIpc) is 3.91. The highest BCUT2D eigenvalue weighted by molar-refractivity contribution is 6.13. The maximum Gasteiger partial charge on any atom is 0.238 e. The molecule has 0 radical (unpaired) electrons. The van der Waals surface area contributed by atoms with Crippen LogP contribution in [0, 0.1) is 0 Å². The lowest BCUT2D eigenvalue weighted by Crippen LogP contribution is -2.06. The Bertz CT molecular complexity index is 3960. The van der Waals surface area contributed by atoms with Crippen molar-refractivity contribution in [1.29, 1.82) is 0 Å². The molecule has 0 N–H and O–H groups in total. The summed E-state index contributed by atoms with van der Waals surface area (Å²) in [5, 5.41) is 7.14. The second-order valence-electron chi connectivity index (χ2n) is 16.9. The van der Waals surface area contributed by atoms with E-state index < -0.39 is 0 Å². The third kappa shape index (κ3) is 6.36. The minimum atomic E-state index is 0.570. The van der Waals surface area contributed by atoms with E-state index >= 15 is 0 Å². The van der Waals surface area contributed by atoms with E-state index in [9.17, 15) is 0 Å². The van der Waals surface area contributed by atoms with Gasteiger partial charge in [-0.15, -0.1) is 0 Å². The van der Waals surface area contributed by atoms with Crippen LogP contribution < -0.4 is 0 Å². The van der Waals surface area contributed by atoms with E-state index in [2.05, 4.69) is 228 Å². The van der Waals surface area contributed by atoms with Gasteiger partial charge in [-0.2, -0.15) is 9.97 Å². The number of benzene rings is 10. The summed E-state index contributed by atoms with van der Waals surface area (Å²) in [4.78, 5) is 15.6. The summed E-state index contributed by atoms with van der Waals surface area (Å²) in [6, 6.07) is 84.2. The molecule has 0 fully saturated rings. The smallest absolute Gasteiger partial charge is 0.238 e. The first kappa shape index (κ1) is 37.6. The topological polar surface area (TPSA) is 48.5 Å². The Morgan fingerprint density at radius 3 is 1.30 bits per heavy atom. The lowest BCUT2D eigenvalue weighted by molar-refractivity contribution is 0.953. The van der Waals surface area contributed by atoms with Gasteiger partial charge < -0.3 is 4.57 Å². The maximum atomic E-state index is 5.25. The lowest BCUT2D eigenvalue weighted by Gasteiger charge is -2.11. The van der Waals surface area contributed by atoms with Crippen molar-refractivity contribution in [2.75, 3.05) is 0 Å². The minimum Gasteiger partial charge on any atom is -0.309 e. The SMILES string of the molecule is c1ccc(-c2ccc3c(c2)c2cc(-c4ccc5c(c4)c4ccccc4n5-c4nc(-c5ccccc5)nc(-c5ccc(-c6ccc7ccccc7c6)cc5)n4)ccc2n3-c2ccccc2)cc1. The second kappa shape index (κ2) is 15.4. The zero-order valence-corrected chi connectivity index (χ0v) is 35.8. The van der Waals surface area contributed by atoms with Gasteiger partial charge in [0.15, 0.2) is 11.6 Å². The maximum absolute atomic E-state index is 5.25. The van der Waals surface area contributed by atoms with Crippen molar-refractivity contribution in [3.05, 3.63) is 237 Å². The first-order valence-corrected chi connectivity index (χ1v) is 22.3. The molecule has 0 saturated heterocycles. The van der Waals surface area contributed by atoms with Crippen LogP contribution in [0.1, 0.15) is 0 Å². The molecule has 0 aliphatic heterocycles. The molecule has 0 atom stereocenters. The fourth-order valence-corrected chi connectivity index (χ4v) is 9.73. The number of nitrogens with zero attached hydrogens (tertiary/aromatic N) is 5. The van der Waals surface area contributed by atoms with E-state index in [0.717, 1.165) is 55.3 Å². The third-order valence-electron chi connectivity index (χ3n) is 13.0. The zero-order chi connectivity index (χ0) is 43.6. The summed E-state index contributed by atoms with van der Waals surface area (Å²) < 4.78 is 4.57. The van der Waals surface area contributed by atoms with Gasteiger partial charge in [0.05, 0.1) is 22.1 Å². The van der Waals surface area contributed by atoms with Gasteiger partial charge >= 0.3 is 0 Å². The first-order valence-electron chi connectivity index (χ1n) is 22.3. The molecule has 3 heterocycles. The minimum absolute atomic E-state index is 0.570. The molecule has 0 amide bonds. The number of para-hydroxylation sites is 2. The van der Waals surface area contributed by atoms with Gasteiger partial charge in [-0.1, -0.05) is 176 Å². The molecule has 10 aromatic carbocycles. The number of hydrogen-bond acceptors (Lipinski definition) is 3. The lowest BCUT2D eigenvalue weighted by atomic mass is 9.99. The highest BCUT2D eigenvalue weighted by Crippen LogP contribution is 2.40. The van der Waals surface area contributed by atoms with Crippen molar-refractivity contribution >= 4 is 54.4 Å². The van der Waals surface area contributed by atoms with Crippen LogP contribution in [0.25, 0.3) is 122 Å². The quantitative estimate of drug-likeness (QED) is 0.161. The van der Waals surface area contributed by atoms with Crippen molar-refractivity contribution in [2.24, 2.45) is 0 Å². The van der Waals surface area contributed by atoms with Crippen LogP contribution in [-0.2, 0) is 0 Å². The largest absolute Gasteiger partial charge is 0.309 e. The molecule has 308 valence electrons. The molecular formula is C61H39N5. The Balaban J connectivity index is 0.951. The molecule has 13 aromatic rings. The highest BCUT2D eigenvalue weighted by atomic mass is 15.2. The molecule has 13 rings (SSSR count). The molecule has 5 heteroatoms. The van der Waals surface area contributed by atoms with Crippen LogP contribution in [0.3, 0.4) is 0 Å². The predicted molar refractivity (Wildman–Crippen MR) is 273 cm³/mol. The Kier molecular flexibility index (Phi) is 8.78. The zero-order valence-electron chi connectivity index (χ0n) is 35.8. The van der Waals surface area contributed by atoms with Crippen LogP contribution in [0.4, 0.5) is 0 Å². The van der Waals surface area contributed by atoms with Gasteiger partial charge in [-0.3, -0.25) is 4.57 Å². The Morgan fingerprint density at radius 2 is 0.652 bits per heavy atom. The van der Waals surface area contributed by atoms with Crippen molar-refractivity contribution in [3.8, 4) is 67.8 Å². The van der Waals surface area contributed by atoms with Crippen molar-refractivity contribution < 1.29 is 0 Å². The summed E-state index contributed by atoms with van der Waals surface area (Å²) in [5.74, 6) is 1.81. The normalized spacial score (nSPS) is 11.6. The van der Waals surface area contributed by atoms with Gasteiger partial charge in [-0.25, -0.2) is 4.98 Å². The number of hydrogen-bond donors (Lipinski definition) is 0. The second-order valence-corrected chi connectivity index (χ2v) is 16.9. The summed E-state index contributed by atoms with van der Waals surface area (Å²) in [6.07, 6.45) is 0. The van der Waals surface area contributed by atoms with E-state index in [4.69, 9.17) is 15.0 Å². The Morgan fingerprint density at radius 1 is 0.242 bits per heavy atom. The van der Waals surface area contributed by atoms with Crippen molar-refractivity contribution in [2.45, 2.75) is 0 Å². The van der Waals surface area contributed by atoms with E-state index in [1.165, 1.54) is 49.3 Å². The number of fused-ring (bicyclic) bond motifs is 7. The van der Waals surface area contributed by atoms with Crippen LogP contribution >= 0.6 is 0 Å². The van der Waals surface area contributed by atoms with Gasteiger partial charge in [0.2, 0.25) is 5.95 Å². The molecule has 0 spiro atoms. The monoisotopic (exact) mass is 841 g/mol. The van der Waals surface area contributed by atoms with Gasteiger partial charge in [0.25, 0.3) is 0 Å². The molecule has 0 aliphatic rings. The molecule has 3 aromatic heterocycles. The Hall–Kier alpha value is -8.93. The van der Waals surface area contributed by atoms with Gasteiger partial charge in [0.1, 0.15) is 0 Å². The van der Waals surface area contributed by atoms with Crippen molar-refractivity contribution in [3.63, 3.8) is 0 Å². The molecule has 0 saturated carbocycles. The fourth-order valence-electron chi connectivity index (χ4n) is 9.73. The van der Waals surface area contributed by atoms with Gasteiger partial charge in [-0.05, 0) is 105 Å². The van der Waals surface area contributed by atoms with Crippen LogP contribution in [-0.4, -0.2) is 24.1 Å². The van der Waals surface area contributed by atoms with E-state index in [-0.39, 0.29) is 0 Å². The van der Waals surface area contributed by atoms with E-state index in [0.29, 0.717) is 17.6 Å². The average molecular weight is 842 g/mol. The molecular weight excluding hydrogens is 803 g/mol. The van der Waals surface area contributed by atoms with Crippen LogP contribution in [0.5, 0.6) is 0 Å². The highest BCUT2D eigenvalue weighted by Gasteiger charge is 2.20. The summed E-state index contributed by atoms with van der Waals surface area (Å²) in [6.45, 7) is 0. The standard InChI is InChI=1S/C61H39N5/c1-4-14-40(15-5-1)47-30-33-56-53(37-47)54-39-49(31-34-57(54)65(56)50-20-8-3-9-21-50)48-32-35-58-52(38-48)51-22-12-13-23-55(51)66(58)61-63-59(43-17-6-2-7-18-43)62-60(64-61)44-27-24-42(25-28-44)46-29-26-41-16-10-11-19-45(41)36-46/h1-39H. The van der Waals surface area contributed by atoms with Crippen LogP contribution in [0.2, 0.25) is 0 Å². The first-order chi connectivity index (χ1) is 32.7. The Labute approximate surface area is 381 Å². The molecule has 5 nitrogen and oxygen atoms in total. The summed E-state index contributed by atoms with van der Waals surface area (Å²) in [5.41, 5.74) is 14.4. The van der Waals surface area contributed by atoms with Crippen molar-refractivity contribution in [1.82, 2.24) is 24.1 Å². The van der Waals surface area contributed by atoms with Gasteiger partial charge in [0, 0.05) is 38.4 Å². The van der Waals surface area contributed by atoms with E-state index in [1.54, 1.807) is 0 Å². The number of rotatable bonds is 7. The molecule has 0 aliphatic carbocycles. The number of aromatic nitrogens is 5. The molecule has 66 heavy (non-hydrogen) atoms. The summed E-state index contributed by atoms with van der Waals surface area (Å²) >= 11 is 0. The third-order valence-corrected chi connectivity index (χ3v) is 13.0. The van der Waals surface area contributed by atoms with E-state index in [1.807, 2.05) is 18.2 Å². The fraction of sp³-hybridized carbons (Fsp3) is 0. The molecule has 0 bridgehead atoms. The predicted octanol–water partition coefficient (Wildman–Crippen LogP) is 15.6.